The molecule has 0 heterocycles. The second-order valence-corrected chi connectivity index (χ2v) is 5.69. The number of alkyl carbamates (subject to hydrolysis) is 1. The van der Waals surface area contributed by atoms with Crippen molar-refractivity contribution in [2.75, 3.05) is 6.61 Å². The summed E-state index contributed by atoms with van der Waals surface area (Å²) in [5.41, 5.74) is 1.79. The largest absolute Gasteiger partial charge is 0.464 e. The van der Waals surface area contributed by atoms with Crippen LogP contribution in [0.5, 0.6) is 0 Å². The van der Waals surface area contributed by atoms with Crippen LogP contribution in [0.15, 0.2) is 73.3 Å². The number of esters is 1. The molecule has 0 spiro atoms. The molecule has 0 aliphatic rings. The molecular weight excluding hydrogens is 330 g/mol. The van der Waals surface area contributed by atoms with E-state index >= 15 is 0 Å². The number of carbonyl (C=O) groups is 2. The molecule has 2 rings (SSSR count). The lowest BCUT2D eigenvalue weighted by molar-refractivity contribution is -0.145. The van der Waals surface area contributed by atoms with Crippen LogP contribution in [0, 0.1) is 0 Å². The topological polar surface area (TPSA) is 64.6 Å². The minimum Gasteiger partial charge on any atom is -0.464 e. The molecule has 5 nitrogen and oxygen atoms in total. The van der Waals surface area contributed by atoms with Crippen molar-refractivity contribution in [2.24, 2.45) is 0 Å². The molecule has 26 heavy (non-hydrogen) atoms. The number of carbonyl (C=O) groups excluding carboxylic acids is 2. The van der Waals surface area contributed by atoms with Crippen molar-refractivity contribution in [3.8, 4) is 0 Å². The zero-order valence-electron chi connectivity index (χ0n) is 14.6. The number of hydrogen-bond acceptors (Lipinski definition) is 4. The van der Waals surface area contributed by atoms with E-state index in [2.05, 4.69) is 11.9 Å². The Bertz CT molecular complexity index is 700. The van der Waals surface area contributed by atoms with Crippen LogP contribution in [0.1, 0.15) is 17.5 Å². The number of nitrogens with one attached hydrogen (secondary N) is 1. The lowest BCUT2D eigenvalue weighted by Crippen LogP contribution is -2.43. The SMILES string of the molecule is C=CCCOC(=O)[C@H](Cc1ccccc1)NC(=O)OCc1ccccc1. The first kappa shape index (κ1) is 19.2. The summed E-state index contributed by atoms with van der Waals surface area (Å²) in [6, 6.07) is 18.0. The molecule has 0 unspecified atom stereocenters. The van der Waals surface area contributed by atoms with Crippen LogP contribution in [0.3, 0.4) is 0 Å². The monoisotopic (exact) mass is 353 g/mol. The Labute approximate surface area is 153 Å². The Morgan fingerprint density at radius 1 is 0.962 bits per heavy atom. The molecule has 1 amide bonds. The second kappa shape index (κ2) is 10.7. The predicted molar refractivity (Wildman–Crippen MR) is 99.5 cm³/mol. The zero-order chi connectivity index (χ0) is 18.6. The lowest BCUT2D eigenvalue weighted by atomic mass is 10.1. The van der Waals surface area contributed by atoms with Crippen LogP contribution >= 0.6 is 0 Å². The molecule has 0 radical (unpaired) electrons. The Kier molecular flexibility index (Phi) is 7.93. The lowest BCUT2D eigenvalue weighted by Gasteiger charge is -2.17. The normalized spacial score (nSPS) is 11.2. The van der Waals surface area contributed by atoms with E-state index in [9.17, 15) is 9.59 Å². The van der Waals surface area contributed by atoms with Gasteiger partial charge in [0, 0.05) is 6.42 Å². The molecule has 0 aliphatic carbocycles. The van der Waals surface area contributed by atoms with Gasteiger partial charge in [-0.2, -0.15) is 0 Å². The van der Waals surface area contributed by atoms with Crippen LogP contribution < -0.4 is 5.32 Å². The first-order valence-electron chi connectivity index (χ1n) is 8.47. The molecule has 0 saturated heterocycles. The fourth-order valence-corrected chi connectivity index (χ4v) is 2.29. The summed E-state index contributed by atoms with van der Waals surface area (Å²) < 4.78 is 10.4. The molecule has 5 heteroatoms. The van der Waals surface area contributed by atoms with Crippen molar-refractivity contribution in [3.63, 3.8) is 0 Å². The summed E-state index contributed by atoms with van der Waals surface area (Å²) >= 11 is 0. The molecule has 0 bridgehead atoms. The van der Waals surface area contributed by atoms with E-state index in [0.29, 0.717) is 12.8 Å². The van der Waals surface area contributed by atoms with E-state index < -0.39 is 18.1 Å². The van der Waals surface area contributed by atoms with Gasteiger partial charge in [-0.3, -0.25) is 0 Å². The average molecular weight is 353 g/mol. The third-order valence-electron chi connectivity index (χ3n) is 3.64. The highest BCUT2D eigenvalue weighted by Crippen LogP contribution is 2.06. The van der Waals surface area contributed by atoms with Gasteiger partial charge in [-0.1, -0.05) is 66.7 Å². The fourth-order valence-electron chi connectivity index (χ4n) is 2.29. The molecule has 0 fully saturated rings. The molecule has 2 aromatic rings. The smallest absolute Gasteiger partial charge is 0.408 e. The van der Waals surface area contributed by atoms with E-state index in [1.165, 1.54) is 0 Å². The number of benzene rings is 2. The van der Waals surface area contributed by atoms with Crippen LogP contribution in [0.2, 0.25) is 0 Å². The van der Waals surface area contributed by atoms with Gasteiger partial charge in [0.05, 0.1) is 6.61 Å². The van der Waals surface area contributed by atoms with Crippen molar-refractivity contribution < 1.29 is 19.1 Å². The Balaban J connectivity index is 1.94. The first-order valence-corrected chi connectivity index (χ1v) is 8.47. The van der Waals surface area contributed by atoms with Gasteiger partial charge in [0.25, 0.3) is 0 Å². The maximum atomic E-state index is 12.3. The van der Waals surface area contributed by atoms with Gasteiger partial charge in [-0.25, -0.2) is 9.59 Å². The van der Waals surface area contributed by atoms with Crippen LogP contribution in [0.4, 0.5) is 4.79 Å². The molecule has 1 N–H and O–H groups in total. The summed E-state index contributed by atoms with van der Waals surface area (Å²) in [6.45, 7) is 3.96. The minimum atomic E-state index is -0.814. The van der Waals surface area contributed by atoms with Crippen LogP contribution in [-0.2, 0) is 27.3 Å². The predicted octanol–water partition coefficient (Wildman–Crippen LogP) is 3.64. The summed E-state index contributed by atoms with van der Waals surface area (Å²) in [5, 5.41) is 2.60. The van der Waals surface area contributed by atoms with Gasteiger partial charge in [0.2, 0.25) is 0 Å². The number of amides is 1. The van der Waals surface area contributed by atoms with Gasteiger partial charge in [0.1, 0.15) is 12.6 Å². The van der Waals surface area contributed by atoms with Crippen molar-refractivity contribution in [3.05, 3.63) is 84.4 Å². The Morgan fingerprint density at radius 3 is 2.19 bits per heavy atom. The summed E-state index contributed by atoms with van der Waals surface area (Å²) in [4.78, 5) is 24.4. The maximum Gasteiger partial charge on any atom is 0.408 e. The first-order chi connectivity index (χ1) is 12.7. The zero-order valence-corrected chi connectivity index (χ0v) is 14.6. The maximum absolute atomic E-state index is 12.3. The van der Waals surface area contributed by atoms with Crippen LogP contribution in [-0.4, -0.2) is 24.7 Å². The van der Waals surface area contributed by atoms with Crippen LogP contribution in [0.25, 0.3) is 0 Å². The molecule has 2 aromatic carbocycles. The summed E-state index contributed by atoms with van der Waals surface area (Å²) in [6.07, 6.45) is 1.90. The van der Waals surface area contributed by atoms with Crippen molar-refractivity contribution in [1.82, 2.24) is 5.32 Å². The van der Waals surface area contributed by atoms with Gasteiger partial charge >= 0.3 is 12.1 Å². The third kappa shape index (κ3) is 6.81. The van der Waals surface area contributed by atoms with Gasteiger partial charge in [-0.05, 0) is 17.5 Å². The molecule has 1 atom stereocenters. The van der Waals surface area contributed by atoms with Gasteiger partial charge in [-0.15, -0.1) is 6.58 Å². The summed E-state index contributed by atoms with van der Waals surface area (Å²) in [5.74, 6) is -0.493. The quantitative estimate of drug-likeness (QED) is 0.425. The van der Waals surface area contributed by atoms with E-state index in [-0.39, 0.29) is 13.2 Å². The van der Waals surface area contributed by atoms with Crippen molar-refractivity contribution in [2.45, 2.75) is 25.5 Å². The molecule has 0 aromatic heterocycles. The Hall–Kier alpha value is -3.08. The van der Waals surface area contributed by atoms with Crippen molar-refractivity contribution in [1.29, 1.82) is 0 Å². The fraction of sp³-hybridized carbons (Fsp3) is 0.238. The summed E-state index contributed by atoms with van der Waals surface area (Å²) in [7, 11) is 0. The molecule has 0 saturated carbocycles. The van der Waals surface area contributed by atoms with E-state index in [1.54, 1.807) is 6.08 Å². The van der Waals surface area contributed by atoms with Gasteiger partial charge in [0.15, 0.2) is 0 Å². The number of rotatable bonds is 9. The van der Waals surface area contributed by atoms with E-state index in [4.69, 9.17) is 9.47 Å². The highest BCUT2D eigenvalue weighted by atomic mass is 16.6. The molecule has 0 aliphatic heterocycles. The average Bonchev–Trinajstić information content (AvgIpc) is 2.67. The standard InChI is InChI=1S/C21H23NO4/c1-2-3-14-25-20(23)19(15-17-10-6-4-7-11-17)22-21(24)26-16-18-12-8-5-9-13-18/h2,4-13,19H,1,3,14-16H2,(H,22,24)/t19-/m0/s1. The number of ether oxygens (including phenoxy) is 2. The molecular formula is C21H23NO4. The Morgan fingerprint density at radius 2 is 1.58 bits per heavy atom. The second-order valence-electron chi connectivity index (χ2n) is 5.69. The van der Waals surface area contributed by atoms with E-state index in [0.717, 1.165) is 11.1 Å². The highest BCUT2D eigenvalue weighted by molar-refractivity contribution is 5.81. The third-order valence-corrected chi connectivity index (χ3v) is 3.64. The van der Waals surface area contributed by atoms with Gasteiger partial charge < -0.3 is 14.8 Å². The molecule has 136 valence electrons. The van der Waals surface area contributed by atoms with E-state index in [1.807, 2.05) is 60.7 Å². The highest BCUT2D eigenvalue weighted by Gasteiger charge is 2.23. The minimum absolute atomic E-state index is 0.135. The van der Waals surface area contributed by atoms with Crippen molar-refractivity contribution >= 4 is 12.1 Å². The number of hydrogen-bond donors (Lipinski definition) is 1.